The summed E-state index contributed by atoms with van der Waals surface area (Å²) in [6.07, 6.45) is 16.2. The van der Waals surface area contributed by atoms with Crippen LogP contribution in [0.4, 0.5) is 28.4 Å². The van der Waals surface area contributed by atoms with Gasteiger partial charge in [-0.25, -0.2) is 0 Å². The van der Waals surface area contributed by atoms with Crippen LogP contribution in [0.25, 0.3) is 33.4 Å². The zero-order chi connectivity index (χ0) is 39.4. The van der Waals surface area contributed by atoms with Crippen molar-refractivity contribution in [3.63, 3.8) is 0 Å². The summed E-state index contributed by atoms with van der Waals surface area (Å²) < 4.78 is 0. The smallest absolute Gasteiger partial charge is 0.0492 e. The number of benzene rings is 6. The van der Waals surface area contributed by atoms with Crippen molar-refractivity contribution in [3.8, 4) is 22.3 Å². The molecule has 0 spiro atoms. The molecule has 7 rings (SSSR count). The van der Waals surface area contributed by atoms with Gasteiger partial charge in [-0.1, -0.05) is 140 Å². The molecule has 0 aliphatic heterocycles. The van der Waals surface area contributed by atoms with Gasteiger partial charge in [0, 0.05) is 46.5 Å². The minimum Gasteiger partial charge on any atom is -0.310 e. The number of aromatic nitrogens is 1. The lowest BCUT2D eigenvalue weighted by Gasteiger charge is -2.27. The molecule has 0 saturated heterocycles. The predicted octanol–water partition coefficient (Wildman–Crippen LogP) is 15.2. The first-order valence-electron chi connectivity index (χ1n) is 19.3. The maximum Gasteiger partial charge on any atom is 0.0492 e. The second-order valence-corrected chi connectivity index (χ2v) is 13.8. The summed E-state index contributed by atoms with van der Waals surface area (Å²) in [5, 5.41) is 0. The average molecular weight is 738 g/mol. The number of allylic oxidation sites excluding steroid dienone is 8. The fourth-order valence-corrected chi connectivity index (χ4v) is 6.97. The highest BCUT2D eigenvalue weighted by atomic mass is 15.1. The van der Waals surface area contributed by atoms with Gasteiger partial charge in [0.1, 0.15) is 0 Å². The molecule has 0 radical (unpaired) electrons. The minimum absolute atomic E-state index is 1.03. The molecule has 0 aliphatic rings. The van der Waals surface area contributed by atoms with E-state index in [9.17, 15) is 0 Å². The molecule has 0 unspecified atom stereocenters. The van der Waals surface area contributed by atoms with Crippen LogP contribution in [0.2, 0.25) is 0 Å². The largest absolute Gasteiger partial charge is 0.310 e. The summed E-state index contributed by atoms with van der Waals surface area (Å²) in [5.74, 6) is 0. The van der Waals surface area contributed by atoms with Crippen LogP contribution < -0.4 is 9.80 Å². The highest BCUT2D eigenvalue weighted by molar-refractivity contribution is 5.82. The third kappa shape index (κ3) is 9.19. The van der Waals surface area contributed by atoms with E-state index in [-0.39, 0.29) is 0 Å². The summed E-state index contributed by atoms with van der Waals surface area (Å²) in [6, 6.07) is 60.1. The fourth-order valence-electron chi connectivity index (χ4n) is 6.97. The molecule has 0 fully saturated rings. The van der Waals surface area contributed by atoms with Crippen LogP contribution in [-0.4, -0.2) is 4.98 Å². The molecule has 3 heteroatoms. The lowest BCUT2D eigenvalue weighted by Crippen LogP contribution is -2.15. The van der Waals surface area contributed by atoms with Crippen molar-refractivity contribution in [1.29, 1.82) is 0 Å². The van der Waals surface area contributed by atoms with Gasteiger partial charge in [-0.15, -0.1) is 0 Å². The first-order chi connectivity index (χ1) is 28.0. The monoisotopic (exact) mass is 737 g/mol. The molecule has 0 bridgehead atoms. The third-order valence-corrected chi connectivity index (χ3v) is 9.97. The molecule has 6 aromatic carbocycles. The van der Waals surface area contributed by atoms with Gasteiger partial charge < -0.3 is 9.80 Å². The van der Waals surface area contributed by atoms with Crippen molar-refractivity contribution in [2.45, 2.75) is 20.8 Å². The number of nitrogens with zero attached hydrogens (tertiary/aromatic N) is 3. The van der Waals surface area contributed by atoms with E-state index >= 15 is 0 Å². The topological polar surface area (TPSA) is 19.4 Å². The second kappa shape index (κ2) is 18.4. The Labute approximate surface area is 338 Å². The molecule has 278 valence electrons. The van der Waals surface area contributed by atoms with Crippen LogP contribution in [0.1, 0.15) is 31.9 Å². The number of pyridine rings is 1. The Morgan fingerprint density at radius 1 is 0.474 bits per heavy atom. The highest BCUT2D eigenvalue weighted by Crippen LogP contribution is 2.37. The molecule has 0 amide bonds. The first kappa shape index (κ1) is 38.1. The van der Waals surface area contributed by atoms with E-state index < -0.39 is 0 Å². The number of rotatable bonds is 13. The van der Waals surface area contributed by atoms with Crippen LogP contribution in [-0.2, 0) is 0 Å². The number of anilines is 5. The van der Waals surface area contributed by atoms with E-state index in [2.05, 4.69) is 223 Å². The van der Waals surface area contributed by atoms with Gasteiger partial charge >= 0.3 is 0 Å². The molecule has 0 N–H and O–H groups in total. The third-order valence-electron chi connectivity index (χ3n) is 9.97. The molecule has 1 aromatic heterocycles. The van der Waals surface area contributed by atoms with Crippen LogP contribution in [0.15, 0.2) is 231 Å². The summed E-state index contributed by atoms with van der Waals surface area (Å²) in [5.41, 5.74) is 15.8. The van der Waals surface area contributed by atoms with Gasteiger partial charge in [-0.3, -0.25) is 4.98 Å². The molecule has 0 saturated carbocycles. The number of hydrogen-bond acceptors (Lipinski definition) is 3. The van der Waals surface area contributed by atoms with Crippen LogP contribution in [0.3, 0.4) is 0 Å². The van der Waals surface area contributed by atoms with Gasteiger partial charge in [0.15, 0.2) is 0 Å². The van der Waals surface area contributed by atoms with Gasteiger partial charge in [-0.2, -0.15) is 0 Å². The van der Waals surface area contributed by atoms with Crippen LogP contribution in [0, 0.1) is 0 Å². The SMILES string of the molecule is C=C/C=C(\C=C/C)N(c1ccc(-c2ccccc2)cc1)c1cccc(/C(C)=C/C=C(\C)c2cccc(N(c3ccncc3)c3ccc(-c4ccccc4)cc3)c2)c1. The summed E-state index contributed by atoms with van der Waals surface area (Å²) in [4.78, 5) is 8.86. The zero-order valence-corrected chi connectivity index (χ0v) is 32.8. The molecular formula is C54H47N3. The van der Waals surface area contributed by atoms with E-state index in [1.165, 1.54) is 33.4 Å². The van der Waals surface area contributed by atoms with Crippen molar-refractivity contribution >= 4 is 39.6 Å². The van der Waals surface area contributed by atoms with Crippen molar-refractivity contribution in [3.05, 3.63) is 242 Å². The molecule has 0 aliphatic carbocycles. The lowest BCUT2D eigenvalue weighted by atomic mass is 10.0. The van der Waals surface area contributed by atoms with Gasteiger partial charge in [0.2, 0.25) is 0 Å². The van der Waals surface area contributed by atoms with Crippen molar-refractivity contribution in [2.75, 3.05) is 9.80 Å². The fraction of sp³-hybridized carbons (Fsp3) is 0.0556. The predicted molar refractivity (Wildman–Crippen MR) is 245 cm³/mol. The van der Waals surface area contributed by atoms with Crippen LogP contribution >= 0.6 is 0 Å². The Morgan fingerprint density at radius 3 is 1.47 bits per heavy atom. The van der Waals surface area contributed by atoms with Gasteiger partial charge in [0.05, 0.1) is 0 Å². The van der Waals surface area contributed by atoms with E-state index in [1.54, 1.807) is 0 Å². The number of hydrogen-bond donors (Lipinski definition) is 0. The second-order valence-electron chi connectivity index (χ2n) is 13.8. The summed E-state index contributed by atoms with van der Waals surface area (Å²) in [7, 11) is 0. The van der Waals surface area contributed by atoms with E-state index in [0.29, 0.717) is 0 Å². The highest BCUT2D eigenvalue weighted by Gasteiger charge is 2.16. The Kier molecular flexibility index (Phi) is 12.3. The molecule has 1 heterocycles. The van der Waals surface area contributed by atoms with Crippen molar-refractivity contribution in [1.82, 2.24) is 4.98 Å². The Morgan fingerprint density at radius 2 is 0.947 bits per heavy atom. The summed E-state index contributed by atoms with van der Waals surface area (Å²) >= 11 is 0. The van der Waals surface area contributed by atoms with Crippen molar-refractivity contribution in [2.24, 2.45) is 0 Å². The Balaban J connectivity index is 1.18. The first-order valence-corrected chi connectivity index (χ1v) is 19.3. The minimum atomic E-state index is 1.03. The van der Waals surface area contributed by atoms with Crippen LogP contribution in [0.5, 0.6) is 0 Å². The maximum atomic E-state index is 4.29. The van der Waals surface area contributed by atoms with Crippen molar-refractivity contribution < 1.29 is 0 Å². The molecular weight excluding hydrogens is 691 g/mol. The Bertz CT molecular complexity index is 2530. The average Bonchev–Trinajstić information content (AvgIpc) is 3.27. The lowest BCUT2D eigenvalue weighted by molar-refractivity contribution is 1.20. The molecule has 57 heavy (non-hydrogen) atoms. The van der Waals surface area contributed by atoms with Gasteiger partial charge in [0.25, 0.3) is 0 Å². The maximum absolute atomic E-state index is 4.29. The molecule has 0 atom stereocenters. The zero-order valence-electron chi connectivity index (χ0n) is 32.8. The van der Waals surface area contributed by atoms with Gasteiger partial charge in [-0.05, 0) is 138 Å². The molecule has 7 aromatic rings. The van der Waals surface area contributed by atoms with E-state index in [4.69, 9.17) is 0 Å². The molecule has 3 nitrogen and oxygen atoms in total. The van der Waals surface area contributed by atoms with E-state index in [0.717, 1.165) is 45.3 Å². The summed E-state index contributed by atoms with van der Waals surface area (Å²) in [6.45, 7) is 10.4. The van der Waals surface area contributed by atoms with E-state index in [1.807, 2.05) is 37.5 Å². The quantitative estimate of drug-likeness (QED) is 0.110. The Hall–Kier alpha value is -7.23. The standard InChI is InChI=1S/C54H47N3/c1-5-15-49(16-6-2)56(50-31-27-45(28-32-50)43-17-9-7-10-18-43)53-23-13-21-47(39-53)41(3)25-26-42(4)48-22-14-24-54(40-48)57(52-35-37-55-38-36-52)51-33-29-46(30-34-51)44-19-11-8-12-20-44/h5-40H,1H2,2-4H3/b16-6-,41-25+,42-26+,49-15+. The normalized spacial score (nSPS) is 12.1.